The molecule has 2 aliphatic heterocycles. The first-order chi connectivity index (χ1) is 13.3. The first-order valence-corrected chi connectivity index (χ1v) is 10.2. The van der Waals surface area contributed by atoms with Crippen LogP contribution in [-0.2, 0) is 9.53 Å². The Morgan fingerprint density at radius 1 is 1.33 bits per heavy atom. The second-order valence-corrected chi connectivity index (χ2v) is 7.64. The van der Waals surface area contributed by atoms with Crippen molar-refractivity contribution in [2.75, 3.05) is 32.8 Å². The molecule has 4 rings (SSSR count). The van der Waals surface area contributed by atoms with Gasteiger partial charge in [0.15, 0.2) is 0 Å². The molecule has 27 heavy (non-hydrogen) atoms. The lowest BCUT2D eigenvalue weighted by atomic mass is 9.85. The van der Waals surface area contributed by atoms with Gasteiger partial charge >= 0.3 is 5.97 Å². The summed E-state index contributed by atoms with van der Waals surface area (Å²) >= 11 is 0. The molecule has 2 aliphatic rings. The number of fused-ring (bicyclic) bond motifs is 1. The number of aromatic nitrogens is 1. The van der Waals surface area contributed by atoms with Crippen LogP contribution in [0.2, 0.25) is 0 Å². The molecule has 0 spiro atoms. The van der Waals surface area contributed by atoms with Gasteiger partial charge in [-0.3, -0.25) is 9.69 Å². The number of hydrogen-bond donors (Lipinski definition) is 1. The Kier molecular flexibility index (Phi) is 5.74. The topological polar surface area (TPSA) is 67.6 Å². The molecule has 0 aliphatic carbocycles. The lowest BCUT2D eigenvalue weighted by Crippen LogP contribution is -2.52. The normalized spacial score (nSPS) is 21.4. The lowest BCUT2D eigenvalue weighted by Gasteiger charge is -2.40. The molecule has 2 saturated heterocycles. The molecule has 1 atom stereocenters. The van der Waals surface area contributed by atoms with E-state index in [1.807, 2.05) is 19.3 Å². The van der Waals surface area contributed by atoms with E-state index in [4.69, 9.17) is 9.15 Å². The monoisotopic (exact) mass is 371 g/mol. The van der Waals surface area contributed by atoms with Gasteiger partial charge < -0.3 is 14.5 Å². The summed E-state index contributed by atoms with van der Waals surface area (Å²) < 4.78 is 11.1. The number of carbonyl (C=O) groups is 1. The third-order valence-electron chi connectivity index (χ3n) is 6.10. The number of nitrogens with zero attached hydrogens (tertiary/aromatic N) is 2. The van der Waals surface area contributed by atoms with E-state index in [1.54, 1.807) is 6.20 Å². The van der Waals surface area contributed by atoms with E-state index in [-0.39, 0.29) is 12.0 Å². The number of furan rings is 1. The van der Waals surface area contributed by atoms with Crippen molar-refractivity contribution in [3.63, 3.8) is 0 Å². The van der Waals surface area contributed by atoms with Gasteiger partial charge in [-0.05, 0) is 82.8 Å². The Bertz CT molecular complexity index is 761. The molecule has 0 amide bonds. The van der Waals surface area contributed by atoms with Crippen LogP contribution in [0.5, 0.6) is 0 Å². The van der Waals surface area contributed by atoms with E-state index in [1.165, 1.54) is 5.56 Å². The van der Waals surface area contributed by atoms with Crippen LogP contribution in [0.25, 0.3) is 11.1 Å². The Morgan fingerprint density at radius 3 is 2.85 bits per heavy atom. The number of pyridine rings is 1. The van der Waals surface area contributed by atoms with Gasteiger partial charge in [-0.15, -0.1) is 0 Å². The maximum Gasteiger partial charge on any atom is 0.323 e. The minimum atomic E-state index is -0.101. The zero-order valence-electron chi connectivity index (χ0n) is 16.0. The maximum absolute atomic E-state index is 12.7. The van der Waals surface area contributed by atoms with Crippen LogP contribution < -0.4 is 5.32 Å². The molecule has 6 nitrogen and oxygen atoms in total. The molecule has 2 aromatic rings. The molecule has 0 aromatic carbocycles. The van der Waals surface area contributed by atoms with Crippen molar-refractivity contribution >= 4 is 17.1 Å². The second kappa shape index (κ2) is 8.40. The van der Waals surface area contributed by atoms with Crippen LogP contribution in [0.15, 0.2) is 29.0 Å². The van der Waals surface area contributed by atoms with Gasteiger partial charge in [0.25, 0.3) is 0 Å². The van der Waals surface area contributed by atoms with Gasteiger partial charge in [0.05, 0.1) is 12.9 Å². The van der Waals surface area contributed by atoms with E-state index >= 15 is 0 Å². The average Bonchev–Trinajstić information content (AvgIpc) is 3.14. The summed E-state index contributed by atoms with van der Waals surface area (Å²) in [5, 5.41) is 4.52. The number of esters is 1. The number of piperidine rings is 2. The summed E-state index contributed by atoms with van der Waals surface area (Å²) in [6, 6.07) is 3.95. The lowest BCUT2D eigenvalue weighted by molar-refractivity contribution is -0.153. The van der Waals surface area contributed by atoms with Crippen molar-refractivity contribution in [1.82, 2.24) is 15.2 Å². The molecule has 1 N–H and O–H groups in total. The molecular formula is C21H29N3O3. The Morgan fingerprint density at radius 2 is 2.11 bits per heavy atom. The predicted octanol–water partition coefficient (Wildman–Crippen LogP) is 2.94. The van der Waals surface area contributed by atoms with Crippen molar-refractivity contribution in [2.45, 2.75) is 44.6 Å². The Balaban J connectivity index is 1.46. The van der Waals surface area contributed by atoms with Crippen molar-refractivity contribution in [2.24, 2.45) is 5.92 Å². The highest BCUT2D eigenvalue weighted by molar-refractivity contribution is 5.78. The summed E-state index contributed by atoms with van der Waals surface area (Å²) in [4.78, 5) is 19.4. The van der Waals surface area contributed by atoms with Crippen LogP contribution in [0, 0.1) is 5.92 Å². The molecule has 2 fully saturated rings. The Labute approximate surface area is 160 Å². The van der Waals surface area contributed by atoms with Crippen molar-refractivity contribution < 1.29 is 13.9 Å². The summed E-state index contributed by atoms with van der Waals surface area (Å²) in [5.41, 5.74) is 1.97. The number of nitrogens with one attached hydrogen (secondary N) is 1. The maximum atomic E-state index is 12.7. The minimum Gasteiger partial charge on any atom is -0.465 e. The molecule has 0 radical (unpaired) electrons. The second-order valence-electron chi connectivity index (χ2n) is 7.64. The van der Waals surface area contributed by atoms with Crippen molar-refractivity contribution in [3.05, 3.63) is 30.2 Å². The number of likely N-dealkylation sites (tertiary alicyclic amines) is 1. The number of ether oxygens (including phenoxy) is 1. The number of rotatable bonds is 5. The average molecular weight is 371 g/mol. The first-order valence-electron chi connectivity index (χ1n) is 10.2. The fourth-order valence-electron chi connectivity index (χ4n) is 4.72. The van der Waals surface area contributed by atoms with E-state index in [9.17, 15) is 4.79 Å². The zero-order valence-corrected chi connectivity index (χ0v) is 16.0. The van der Waals surface area contributed by atoms with Crippen molar-refractivity contribution in [3.8, 4) is 0 Å². The van der Waals surface area contributed by atoms with Gasteiger partial charge in [-0.25, -0.2) is 4.98 Å². The molecule has 0 saturated carbocycles. The predicted molar refractivity (Wildman–Crippen MR) is 104 cm³/mol. The minimum absolute atomic E-state index is 0.0409. The molecule has 0 bridgehead atoms. The zero-order chi connectivity index (χ0) is 18.6. The number of hydrogen-bond acceptors (Lipinski definition) is 6. The van der Waals surface area contributed by atoms with Crippen LogP contribution >= 0.6 is 0 Å². The van der Waals surface area contributed by atoms with Crippen LogP contribution in [0.3, 0.4) is 0 Å². The molecule has 2 aromatic heterocycles. The van der Waals surface area contributed by atoms with Gasteiger partial charge in [-0.1, -0.05) is 0 Å². The summed E-state index contributed by atoms with van der Waals surface area (Å²) in [6.07, 6.45) is 7.78. The van der Waals surface area contributed by atoms with Gasteiger partial charge in [-0.2, -0.15) is 0 Å². The molecule has 6 heteroatoms. The molecule has 1 unspecified atom stereocenters. The quantitative estimate of drug-likeness (QED) is 0.815. The highest BCUT2D eigenvalue weighted by atomic mass is 16.5. The summed E-state index contributed by atoms with van der Waals surface area (Å²) in [7, 11) is 0. The Hall–Kier alpha value is -1.92. The third kappa shape index (κ3) is 3.87. The molecule has 146 valence electrons. The standard InChI is InChI=1S/C21H29N3O3/c1-2-26-21(25)19(16-5-10-22-11-6-16)24-12-7-15(8-13-24)18-14-27-20-17(18)4-3-9-23-20/h3-4,9,14-16,19,22H,2,5-8,10-13H2,1H3. The largest absolute Gasteiger partial charge is 0.465 e. The van der Waals surface area contributed by atoms with Gasteiger partial charge in [0.2, 0.25) is 5.71 Å². The van der Waals surface area contributed by atoms with E-state index in [2.05, 4.69) is 21.3 Å². The van der Waals surface area contributed by atoms with Crippen LogP contribution in [0.4, 0.5) is 0 Å². The first kappa shape index (κ1) is 18.4. The van der Waals surface area contributed by atoms with E-state index < -0.39 is 0 Å². The van der Waals surface area contributed by atoms with Gasteiger partial charge in [0.1, 0.15) is 6.04 Å². The third-order valence-corrected chi connectivity index (χ3v) is 6.10. The summed E-state index contributed by atoms with van der Waals surface area (Å²) in [5.74, 6) is 0.809. The summed E-state index contributed by atoms with van der Waals surface area (Å²) in [6.45, 7) is 6.17. The number of carbonyl (C=O) groups excluding carboxylic acids is 1. The van der Waals surface area contributed by atoms with Gasteiger partial charge in [0, 0.05) is 17.1 Å². The SMILES string of the molecule is CCOC(=O)C(C1CCNCC1)N1CCC(c2coc3ncccc23)CC1. The van der Waals surface area contributed by atoms with Crippen molar-refractivity contribution in [1.29, 1.82) is 0 Å². The fraction of sp³-hybridized carbons (Fsp3) is 0.619. The highest BCUT2D eigenvalue weighted by Gasteiger charge is 2.37. The van der Waals surface area contributed by atoms with Crippen LogP contribution in [0.1, 0.15) is 44.1 Å². The molecular weight excluding hydrogens is 342 g/mol. The van der Waals surface area contributed by atoms with E-state index in [0.717, 1.165) is 57.2 Å². The van der Waals surface area contributed by atoms with Crippen LogP contribution in [-0.4, -0.2) is 54.7 Å². The highest BCUT2D eigenvalue weighted by Crippen LogP contribution is 2.35. The van der Waals surface area contributed by atoms with E-state index in [0.29, 0.717) is 24.2 Å². The molecule has 4 heterocycles. The smallest absolute Gasteiger partial charge is 0.323 e. The fourth-order valence-corrected chi connectivity index (χ4v) is 4.72.